The number of nitrogens with zero attached hydrogens (tertiary/aromatic N) is 1. The lowest BCUT2D eigenvalue weighted by molar-refractivity contribution is -0.119. The van der Waals surface area contributed by atoms with Crippen molar-refractivity contribution in [2.75, 3.05) is 19.7 Å². The third-order valence-corrected chi connectivity index (χ3v) is 3.15. The molecular weight excluding hydrogens is 230 g/mol. The van der Waals surface area contributed by atoms with Crippen LogP contribution in [0.3, 0.4) is 0 Å². The van der Waals surface area contributed by atoms with Crippen LogP contribution in [0.1, 0.15) is 12.0 Å². The summed E-state index contributed by atoms with van der Waals surface area (Å²) in [6.07, 6.45) is 0.581. The number of rotatable bonds is 4. The summed E-state index contributed by atoms with van der Waals surface area (Å²) in [6, 6.07) is 7.44. The van der Waals surface area contributed by atoms with Crippen molar-refractivity contribution in [3.63, 3.8) is 0 Å². The highest BCUT2D eigenvalue weighted by molar-refractivity contribution is 5.79. The lowest BCUT2D eigenvalue weighted by atomic mass is 10.1. The van der Waals surface area contributed by atoms with Gasteiger partial charge in [0.1, 0.15) is 12.4 Å². The van der Waals surface area contributed by atoms with Gasteiger partial charge in [-0.15, -0.1) is 0 Å². The molecule has 1 unspecified atom stereocenters. The summed E-state index contributed by atoms with van der Waals surface area (Å²) in [6.45, 7) is 3.06. The number of benzene rings is 1. The highest BCUT2D eigenvalue weighted by Crippen LogP contribution is 2.22. The van der Waals surface area contributed by atoms with Crippen molar-refractivity contribution in [3.8, 4) is 5.75 Å². The van der Waals surface area contributed by atoms with Crippen LogP contribution < -0.4 is 16.2 Å². The fourth-order valence-corrected chi connectivity index (χ4v) is 2.03. The van der Waals surface area contributed by atoms with Gasteiger partial charge in [0.2, 0.25) is 5.91 Å². The van der Waals surface area contributed by atoms with E-state index < -0.39 is 11.9 Å². The number of ether oxygens (including phenoxy) is 1. The molecule has 0 saturated heterocycles. The third-order valence-electron chi connectivity index (χ3n) is 3.15. The van der Waals surface area contributed by atoms with Crippen molar-refractivity contribution >= 4 is 5.91 Å². The van der Waals surface area contributed by atoms with Crippen LogP contribution in [0, 0.1) is 0 Å². The van der Waals surface area contributed by atoms with E-state index in [2.05, 4.69) is 11.0 Å². The number of carbonyl (C=O) groups excluding carboxylic acids is 1. The minimum absolute atomic E-state index is 0.443. The van der Waals surface area contributed by atoms with Crippen LogP contribution in [0.2, 0.25) is 0 Å². The molecule has 0 saturated carbocycles. The second kappa shape index (κ2) is 5.84. The normalized spacial score (nSPS) is 17.4. The molecule has 98 valence electrons. The molecule has 5 nitrogen and oxygen atoms in total. The first-order valence-corrected chi connectivity index (χ1v) is 6.15. The van der Waals surface area contributed by atoms with Crippen molar-refractivity contribution in [2.45, 2.75) is 19.0 Å². The first-order chi connectivity index (χ1) is 8.66. The molecule has 2 rings (SSSR count). The minimum atomic E-state index is -0.565. The van der Waals surface area contributed by atoms with Crippen molar-refractivity contribution < 1.29 is 9.53 Å². The molecule has 0 aliphatic carbocycles. The van der Waals surface area contributed by atoms with E-state index in [1.165, 1.54) is 5.56 Å². The van der Waals surface area contributed by atoms with E-state index in [0.717, 1.165) is 25.4 Å². The van der Waals surface area contributed by atoms with Crippen LogP contribution in [-0.4, -0.2) is 36.5 Å². The van der Waals surface area contributed by atoms with E-state index in [9.17, 15) is 4.79 Å². The zero-order chi connectivity index (χ0) is 13.0. The molecule has 1 aromatic carbocycles. The van der Waals surface area contributed by atoms with Gasteiger partial charge in [-0.05, 0) is 12.5 Å². The van der Waals surface area contributed by atoms with Crippen molar-refractivity contribution in [1.29, 1.82) is 0 Å². The number of para-hydroxylation sites is 1. The van der Waals surface area contributed by atoms with Gasteiger partial charge >= 0.3 is 0 Å². The zero-order valence-corrected chi connectivity index (χ0v) is 10.3. The Kier molecular flexibility index (Phi) is 4.17. The van der Waals surface area contributed by atoms with Gasteiger partial charge in [-0.3, -0.25) is 9.69 Å². The summed E-state index contributed by atoms with van der Waals surface area (Å²) in [4.78, 5) is 13.1. The molecule has 0 bridgehead atoms. The molecule has 0 spiro atoms. The van der Waals surface area contributed by atoms with Crippen LogP contribution in [0.4, 0.5) is 0 Å². The second-order valence-corrected chi connectivity index (χ2v) is 4.53. The Morgan fingerprint density at radius 1 is 1.44 bits per heavy atom. The van der Waals surface area contributed by atoms with Gasteiger partial charge in [0, 0.05) is 25.2 Å². The molecule has 1 atom stereocenters. The van der Waals surface area contributed by atoms with Gasteiger partial charge in [-0.2, -0.15) is 0 Å². The van der Waals surface area contributed by atoms with E-state index >= 15 is 0 Å². The van der Waals surface area contributed by atoms with Crippen LogP contribution in [0.15, 0.2) is 24.3 Å². The summed E-state index contributed by atoms with van der Waals surface area (Å²) in [5, 5.41) is 0. The third kappa shape index (κ3) is 3.21. The number of primary amides is 1. The summed E-state index contributed by atoms with van der Waals surface area (Å²) < 4.78 is 5.67. The molecule has 1 amide bonds. The largest absolute Gasteiger partial charge is 0.492 e. The Labute approximate surface area is 107 Å². The number of hydrogen-bond donors (Lipinski definition) is 2. The van der Waals surface area contributed by atoms with E-state index in [4.69, 9.17) is 16.2 Å². The number of nitrogens with two attached hydrogens (primary N) is 2. The molecule has 1 aliphatic heterocycles. The lowest BCUT2D eigenvalue weighted by Crippen LogP contribution is -2.40. The number of carbonyl (C=O) groups is 1. The first kappa shape index (κ1) is 12.9. The first-order valence-electron chi connectivity index (χ1n) is 6.15. The molecule has 1 aromatic rings. The molecule has 0 aromatic heterocycles. The molecule has 0 radical (unpaired) electrons. The highest BCUT2D eigenvalue weighted by atomic mass is 16.5. The van der Waals surface area contributed by atoms with Crippen molar-refractivity contribution in [2.24, 2.45) is 11.5 Å². The molecule has 4 N–H and O–H groups in total. The standard InChI is InChI=1S/C13H19N3O2/c14-11(13(15)17)5-6-16-7-8-18-12-4-2-1-3-10(12)9-16/h1-4,11H,5-9,14H2,(H2,15,17). The summed E-state index contributed by atoms with van der Waals surface area (Å²) in [5.74, 6) is 0.501. The SMILES string of the molecule is NC(=O)C(N)CCN1CCOc2ccccc2C1. The Morgan fingerprint density at radius 3 is 3.00 bits per heavy atom. The predicted molar refractivity (Wildman–Crippen MR) is 69.0 cm³/mol. The topological polar surface area (TPSA) is 81.6 Å². The second-order valence-electron chi connectivity index (χ2n) is 4.53. The summed E-state index contributed by atoms with van der Waals surface area (Å²) >= 11 is 0. The lowest BCUT2D eigenvalue weighted by Gasteiger charge is -2.20. The maximum absolute atomic E-state index is 10.9. The maximum Gasteiger partial charge on any atom is 0.234 e. The van der Waals surface area contributed by atoms with Gasteiger partial charge in [0.05, 0.1) is 6.04 Å². The summed E-state index contributed by atoms with van der Waals surface area (Å²) in [7, 11) is 0. The number of fused-ring (bicyclic) bond motifs is 1. The fourth-order valence-electron chi connectivity index (χ4n) is 2.03. The van der Waals surface area contributed by atoms with Gasteiger partial charge in [0.25, 0.3) is 0 Å². The van der Waals surface area contributed by atoms with Crippen LogP contribution >= 0.6 is 0 Å². The van der Waals surface area contributed by atoms with Gasteiger partial charge in [-0.25, -0.2) is 0 Å². The van der Waals surface area contributed by atoms with Crippen LogP contribution in [0.5, 0.6) is 5.75 Å². The van der Waals surface area contributed by atoms with Gasteiger partial charge in [0.15, 0.2) is 0 Å². The average Bonchev–Trinajstić information content (AvgIpc) is 2.57. The molecule has 1 aliphatic rings. The number of hydrogen-bond acceptors (Lipinski definition) is 4. The molecular formula is C13H19N3O2. The van der Waals surface area contributed by atoms with Crippen LogP contribution in [0.25, 0.3) is 0 Å². The van der Waals surface area contributed by atoms with Gasteiger partial charge in [-0.1, -0.05) is 18.2 Å². The van der Waals surface area contributed by atoms with Gasteiger partial charge < -0.3 is 16.2 Å². The van der Waals surface area contributed by atoms with E-state index in [-0.39, 0.29) is 0 Å². The quantitative estimate of drug-likeness (QED) is 0.792. The molecule has 1 heterocycles. The Bertz CT molecular complexity index is 422. The fraction of sp³-hybridized carbons (Fsp3) is 0.462. The molecule has 18 heavy (non-hydrogen) atoms. The average molecular weight is 249 g/mol. The Morgan fingerprint density at radius 2 is 2.22 bits per heavy atom. The highest BCUT2D eigenvalue weighted by Gasteiger charge is 2.16. The molecule has 5 heteroatoms. The minimum Gasteiger partial charge on any atom is -0.492 e. The predicted octanol–water partition coefficient (Wildman–Crippen LogP) is 0.0837. The monoisotopic (exact) mass is 249 g/mol. The van der Waals surface area contributed by atoms with E-state index in [0.29, 0.717) is 13.0 Å². The molecule has 0 fully saturated rings. The maximum atomic E-state index is 10.9. The Balaban J connectivity index is 1.94. The van der Waals surface area contributed by atoms with E-state index in [1.807, 2.05) is 18.2 Å². The van der Waals surface area contributed by atoms with Crippen molar-refractivity contribution in [3.05, 3.63) is 29.8 Å². The summed E-state index contributed by atoms with van der Waals surface area (Å²) in [5.41, 5.74) is 12.0. The van der Waals surface area contributed by atoms with Crippen LogP contribution in [-0.2, 0) is 11.3 Å². The van der Waals surface area contributed by atoms with E-state index in [1.54, 1.807) is 0 Å². The smallest absolute Gasteiger partial charge is 0.234 e. The Hall–Kier alpha value is -1.59. The van der Waals surface area contributed by atoms with Crippen molar-refractivity contribution in [1.82, 2.24) is 4.90 Å². The zero-order valence-electron chi connectivity index (χ0n) is 10.3. The number of amides is 1.